The van der Waals surface area contributed by atoms with Gasteiger partial charge in [-0.05, 0) is 31.6 Å². The molecule has 2 amide bonds. The summed E-state index contributed by atoms with van der Waals surface area (Å²) < 4.78 is 0. The van der Waals surface area contributed by atoms with Gasteiger partial charge in [0.15, 0.2) is 0 Å². The number of fused-ring (bicyclic) bond motifs is 1. The normalized spacial score (nSPS) is 23.8. The van der Waals surface area contributed by atoms with Crippen molar-refractivity contribution in [1.29, 1.82) is 0 Å². The second-order valence-corrected chi connectivity index (χ2v) is 7.56. The molecule has 3 heterocycles. The van der Waals surface area contributed by atoms with Crippen molar-refractivity contribution in [3.8, 4) is 0 Å². The van der Waals surface area contributed by atoms with Crippen molar-refractivity contribution < 1.29 is 9.59 Å². The van der Waals surface area contributed by atoms with Gasteiger partial charge in [-0.1, -0.05) is 13.8 Å². The summed E-state index contributed by atoms with van der Waals surface area (Å²) in [4.78, 5) is 47.4. The lowest BCUT2D eigenvalue weighted by Gasteiger charge is -2.47. The first-order valence-electron chi connectivity index (χ1n) is 9.01. The summed E-state index contributed by atoms with van der Waals surface area (Å²) in [6, 6.07) is 0.210. The first-order chi connectivity index (χ1) is 11.9. The molecule has 2 fully saturated rings. The molecule has 2 atom stereocenters. The average Bonchev–Trinajstić information content (AvgIpc) is 2.56. The molecule has 0 aromatic carbocycles. The van der Waals surface area contributed by atoms with E-state index in [2.05, 4.69) is 23.8 Å². The van der Waals surface area contributed by atoms with Gasteiger partial charge in [0.25, 0.3) is 11.5 Å². The Morgan fingerprint density at radius 2 is 2.12 bits per heavy atom. The van der Waals surface area contributed by atoms with Crippen molar-refractivity contribution in [2.45, 2.75) is 46.1 Å². The van der Waals surface area contributed by atoms with Crippen molar-refractivity contribution in [1.82, 2.24) is 19.8 Å². The van der Waals surface area contributed by atoms with E-state index >= 15 is 0 Å². The number of aromatic nitrogens is 2. The Bertz CT molecular complexity index is 727. The molecule has 7 heteroatoms. The molecule has 2 aliphatic heterocycles. The van der Waals surface area contributed by atoms with Crippen LogP contribution in [-0.2, 0) is 4.79 Å². The number of amides is 2. The van der Waals surface area contributed by atoms with Crippen molar-refractivity contribution in [2.24, 2.45) is 11.8 Å². The first kappa shape index (κ1) is 17.6. The lowest BCUT2D eigenvalue weighted by molar-refractivity contribution is -0.141. The van der Waals surface area contributed by atoms with Gasteiger partial charge in [0, 0.05) is 38.3 Å². The van der Waals surface area contributed by atoms with Crippen LogP contribution in [-0.4, -0.2) is 57.3 Å². The summed E-state index contributed by atoms with van der Waals surface area (Å²) in [5.74, 6) is 1.18. The number of carbonyl (C=O) groups is 2. The molecule has 3 rings (SSSR count). The Morgan fingerprint density at radius 1 is 1.36 bits per heavy atom. The van der Waals surface area contributed by atoms with Gasteiger partial charge < -0.3 is 14.8 Å². The minimum atomic E-state index is -0.389. The second-order valence-electron chi connectivity index (χ2n) is 7.56. The van der Waals surface area contributed by atoms with Crippen LogP contribution >= 0.6 is 0 Å². The van der Waals surface area contributed by atoms with Gasteiger partial charge >= 0.3 is 0 Å². The number of hydrogen-bond acceptors (Lipinski definition) is 4. The third-order valence-electron chi connectivity index (χ3n) is 5.15. The Kier molecular flexibility index (Phi) is 4.92. The predicted octanol–water partition coefficient (Wildman–Crippen LogP) is 1.19. The number of aryl methyl sites for hydroxylation is 1. The number of H-pyrrole nitrogens is 1. The number of nitrogens with one attached hydrogen (secondary N) is 1. The molecule has 0 radical (unpaired) electrons. The molecular formula is C18H26N4O3. The molecule has 2 aliphatic rings. The van der Waals surface area contributed by atoms with Gasteiger partial charge in [-0.15, -0.1) is 0 Å². The van der Waals surface area contributed by atoms with Gasteiger partial charge in [0.05, 0.1) is 0 Å². The Morgan fingerprint density at radius 3 is 2.80 bits per heavy atom. The van der Waals surface area contributed by atoms with Crippen LogP contribution in [0.25, 0.3) is 0 Å². The molecule has 136 valence electrons. The molecule has 0 spiro atoms. The summed E-state index contributed by atoms with van der Waals surface area (Å²) in [5.41, 5.74) is -0.296. The van der Waals surface area contributed by atoms with E-state index in [1.807, 2.05) is 4.90 Å². The number of rotatable bonds is 3. The Balaban J connectivity index is 1.74. The fourth-order valence-corrected chi connectivity index (χ4v) is 3.97. The Hall–Kier alpha value is -2.18. The summed E-state index contributed by atoms with van der Waals surface area (Å²) in [6.45, 7) is 7.85. The maximum Gasteiger partial charge on any atom is 0.263 e. The maximum absolute atomic E-state index is 12.7. The lowest BCUT2D eigenvalue weighted by Crippen LogP contribution is -2.57. The van der Waals surface area contributed by atoms with Crippen LogP contribution < -0.4 is 5.56 Å². The minimum Gasteiger partial charge on any atom is -0.339 e. The quantitative estimate of drug-likeness (QED) is 0.891. The molecule has 1 aromatic rings. The molecule has 0 aliphatic carbocycles. The molecule has 0 saturated carbocycles. The summed E-state index contributed by atoms with van der Waals surface area (Å²) in [7, 11) is 0. The first-order valence-corrected chi connectivity index (χ1v) is 9.01. The van der Waals surface area contributed by atoms with Gasteiger partial charge in [0.2, 0.25) is 5.91 Å². The fraction of sp³-hybridized carbons (Fsp3) is 0.667. The molecule has 1 aromatic heterocycles. The SMILES string of the molecule is Cc1ncc(C(=O)N2CC[C@@H]3[C@@H](CCC(=O)N3CC(C)C)C2)c(=O)[nH]1. The zero-order valence-electron chi connectivity index (χ0n) is 15.1. The van der Waals surface area contributed by atoms with Crippen molar-refractivity contribution in [2.75, 3.05) is 19.6 Å². The monoisotopic (exact) mass is 346 g/mol. The van der Waals surface area contributed by atoms with Gasteiger partial charge in [-0.2, -0.15) is 0 Å². The van der Waals surface area contributed by atoms with Crippen LogP contribution in [0.15, 0.2) is 11.0 Å². The smallest absolute Gasteiger partial charge is 0.263 e. The predicted molar refractivity (Wildman–Crippen MR) is 93.2 cm³/mol. The topological polar surface area (TPSA) is 86.4 Å². The molecule has 7 nitrogen and oxygen atoms in total. The van der Waals surface area contributed by atoms with E-state index in [9.17, 15) is 14.4 Å². The van der Waals surface area contributed by atoms with Crippen LogP contribution in [0.3, 0.4) is 0 Å². The number of nitrogens with zero attached hydrogens (tertiary/aromatic N) is 3. The second kappa shape index (κ2) is 6.98. The van der Waals surface area contributed by atoms with Gasteiger partial charge in [0.1, 0.15) is 11.4 Å². The molecule has 0 bridgehead atoms. The van der Waals surface area contributed by atoms with E-state index < -0.39 is 0 Å². The third kappa shape index (κ3) is 3.60. The van der Waals surface area contributed by atoms with Crippen LogP contribution in [0, 0.1) is 18.8 Å². The number of carbonyl (C=O) groups excluding carboxylic acids is 2. The lowest BCUT2D eigenvalue weighted by atomic mass is 9.83. The Labute approximate surface area is 147 Å². The summed E-state index contributed by atoms with van der Waals surface area (Å²) >= 11 is 0. The number of aromatic amines is 1. The number of hydrogen-bond donors (Lipinski definition) is 1. The highest BCUT2D eigenvalue weighted by molar-refractivity contribution is 5.93. The van der Waals surface area contributed by atoms with Crippen molar-refractivity contribution in [3.63, 3.8) is 0 Å². The van der Waals surface area contributed by atoms with E-state index in [1.54, 1.807) is 11.8 Å². The number of likely N-dealkylation sites (tertiary alicyclic amines) is 2. The van der Waals surface area contributed by atoms with Gasteiger partial charge in [-0.25, -0.2) is 4.98 Å². The summed E-state index contributed by atoms with van der Waals surface area (Å²) in [5, 5.41) is 0. The molecule has 25 heavy (non-hydrogen) atoms. The molecule has 1 N–H and O–H groups in total. The van der Waals surface area contributed by atoms with E-state index in [0.29, 0.717) is 31.3 Å². The highest BCUT2D eigenvalue weighted by atomic mass is 16.2. The van der Waals surface area contributed by atoms with Crippen molar-refractivity contribution in [3.05, 3.63) is 27.9 Å². The van der Waals surface area contributed by atoms with Gasteiger partial charge in [-0.3, -0.25) is 14.4 Å². The minimum absolute atomic E-state index is 0.0926. The standard InChI is InChI=1S/C18H26N4O3/c1-11(2)9-22-15-6-7-21(10-13(15)4-5-16(22)23)18(25)14-8-19-12(3)20-17(14)24/h8,11,13,15H,4-7,9-10H2,1-3H3,(H,19,20,24)/t13-,15+/m0/s1. The zero-order chi connectivity index (χ0) is 18.1. The maximum atomic E-state index is 12.7. The van der Waals surface area contributed by atoms with Crippen LogP contribution in [0.4, 0.5) is 0 Å². The summed E-state index contributed by atoms with van der Waals surface area (Å²) in [6.07, 6.45) is 3.48. The fourth-order valence-electron chi connectivity index (χ4n) is 3.97. The van der Waals surface area contributed by atoms with Crippen LogP contribution in [0.2, 0.25) is 0 Å². The largest absolute Gasteiger partial charge is 0.339 e. The average molecular weight is 346 g/mol. The van der Waals surface area contributed by atoms with Crippen molar-refractivity contribution >= 4 is 11.8 Å². The highest BCUT2D eigenvalue weighted by Gasteiger charge is 2.40. The highest BCUT2D eigenvalue weighted by Crippen LogP contribution is 2.32. The number of piperidine rings is 2. The van der Waals surface area contributed by atoms with E-state index in [0.717, 1.165) is 19.4 Å². The van der Waals surface area contributed by atoms with Crippen LogP contribution in [0.5, 0.6) is 0 Å². The van der Waals surface area contributed by atoms with E-state index in [1.165, 1.54) is 6.20 Å². The zero-order valence-corrected chi connectivity index (χ0v) is 15.1. The van der Waals surface area contributed by atoms with E-state index in [-0.39, 0.29) is 34.9 Å². The molecule has 0 unspecified atom stereocenters. The van der Waals surface area contributed by atoms with E-state index in [4.69, 9.17) is 0 Å². The van der Waals surface area contributed by atoms with Crippen LogP contribution in [0.1, 0.15) is 49.3 Å². The molecule has 2 saturated heterocycles. The molecular weight excluding hydrogens is 320 g/mol. The third-order valence-corrected chi connectivity index (χ3v) is 5.15.